The minimum absolute atomic E-state index is 0.551. The van der Waals surface area contributed by atoms with Gasteiger partial charge in [-0.15, -0.1) is 0 Å². The summed E-state index contributed by atoms with van der Waals surface area (Å²) in [6, 6.07) is 53.0. The molecule has 0 unspecified atom stereocenters. The Balaban J connectivity index is 1.37. The van der Waals surface area contributed by atoms with Crippen LogP contribution in [0.25, 0.3) is 50.1 Å². The van der Waals surface area contributed by atoms with Crippen molar-refractivity contribution in [2.24, 2.45) is 0 Å². The van der Waals surface area contributed by atoms with Gasteiger partial charge in [0.2, 0.25) is 5.95 Å². The van der Waals surface area contributed by atoms with Crippen LogP contribution in [0.3, 0.4) is 0 Å². The predicted octanol–water partition coefficient (Wildman–Crippen LogP) is 10.4. The SMILES string of the molecule is N#Cc1ccc(-c2cccc3c4ccccc4n(-c4nc(-c5ccccc5)cc(N5c6ccccc6Oc6ccccc65)n4)c23)cc1. The smallest absolute Gasteiger partial charge is 0.237 e. The van der Waals surface area contributed by atoms with Crippen molar-refractivity contribution in [3.63, 3.8) is 0 Å². The molecule has 0 fully saturated rings. The van der Waals surface area contributed by atoms with Crippen LogP contribution < -0.4 is 9.64 Å². The fourth-order valence-electron chi connectivity index (χ4n) is 6.53. The first-order valence-electron chi connectivity index (χ1n) is 15.4. The molecule has 0 spiro atoms. The van der Waals surface area contributed by atoms with Crippen LogP contribution in [0.5, 0.6) is 11.5 Å². The number of hydrogen-bond acceptors (Lipinski definition) is 5. The van der Waals surface area contributed by atoms with Crippen molar-refractivity contribution >= 4 is 39.0 Å². The number of rotatable bonds is 4. The summed E-state index contributed by atoms with van der Waals surface area (Å²) in [5.41, 5.74) is 8.24. The molecule has 1 aliphatic heterocycles. The molecule has 0 bridgehead atoms. The van der Waals surface area contributed by atoms with E-state index in [2.05, 4.69) is 82.3 Å². The summed E-state index contributed by atoms with van der Waals surface area (Å²) < 4.78 is 8.51. The van der Waals surface area contributed by atoms with Crippen LogP contribution in [0, 0.1) is 11.3 Å². The highest BCUT2D eigenvalue weighted by Crippen LogP contribution is 2.50. The van der Waals surface area contributed by atoms with Gasteiger partial charge < -0.3 is 4.74 Å². The molecule has 0 N–H and O–H groups in total. The fourth-order valence-corrected chi connectivity index (χ4v) is 6.53. The van der Waals surface area contributed by atoms with E-state index >= 15 is 0 Å². The van der Waals surface area contributed by atoms with Gasteiger partial charge in [-0.1, -0.05) is 103 Å². The van der Waals surface area contributed by atoms with Gasteiger partial charge in [0.25, 0.3) is 0 Å². The van der Waals surface area contributed by atoms with Gasteiger partial charge in [-0.25, -0.2) is 4.98 Å². The number of benzene rings is 6. The van der Waals surface area contributed by atoms with Gasteiger partial charge in [0.1, 0.15) is 5.82 Å². The Kier molecular flexibility index (Phi) is 6.09. The Morgan fingerprint density at radius 1 is 0.574 bits per heavy atom. The summed E-state index contributed by atoms with van der Waals surface area (Å²) in [6.07, 6.45) is 0. The topological polar surface area (TPSA) is 67.0 Å². The third-order valence-corrected chi connectivity index (χ3v) is 8.65. The molecule has 1 aliphatic rings. The van der Waals surface area contributed by atoms with E-state index in [-0.39, 0.29) is 0 Å². The lowest BCUT2D eigenvalue weighted by atomic mass is 10.0. The van der Waals surface area contributed by atoms with E-state index < -0.39 is 0 Å². The zero-order valence-corrected chi connectivity index (χ0v) is 25.1. The molecule has 6 heteroatoms. The zero-order valence-electron chi connectivity index (χ0n) is 25.1. The van der Waals surface area contributed by atoms with Crippen LogP contribution in [-0.4, -0.2) is 14.5 Å². The monoisotopic (exact) mass is 603 g/mol. The molecular formula is C41H25N5O. The summed E-state index contributed by atoms with van der Waals surface area (Å²) in [5, 5.41) is 11.7. The van der Waals surface area contributed by atoms with Gasteiger partial charge >= 0.3 is 0 Å². The molecule has 3 heterocycles. The van der Waals surface area contributed by atoms with E-state index in [4.69, 9.17) is 14.7 Å². The van der Waals surface area contributed by atoms with E-state index in [1.807, 2.05) is 84.9 Å². The molecule has 220 valence electrons. The van der Waals surface area contributed by atoms with E-state index in [0.29, 0.717) is 11.5 Å². The lowest BCUT2D eigenvalue weighted by Crippen LogP contribution is -2.18. The molecular weight excluding hydrogens is 578 g/mol. The first-order valence-corrected chi connectivity index (χ1v) is 15.4. The van der Waals surface area contributed by atoms with Gasteiger partial charge in [0.05, 0.1) is 39.7 Å². The number of ether oxygens (including phenoxy) is 1. The second-order valence-electron chi connectivity index (χ2n) is 11.4. The van der Waals surface area contributed by atoms with Crippen LogP contribution in [0.1, 0.15) is 5.56 Å². The third kappa shape index (κ3) is 4.33. The van der Waals surface area contributed by atoms with Crippen molar-refractivity contribution in [3.05, 3.63) is 157 Å². The van der Waals surface area contributed by atoms with E-state index in [9.17, 15) is 5.26 Å². The lowest BCUT2D eigenvalue weighted by Gasteiger charge is -2.32. The molecule has 0 aliphatic carbocycles. The molecule has 0 saturated heterocycles. The van der Waals surface area contributed by atoms with E-state index in [1.54, 1.807) is 0 Å². The van der Waals surface area contributed by atoms with Gasteiger partial charge in [-0.2, -0.15) is 10.2 Å². The molecule has 0 atom stereocenters. The molecule has 0 saturated carbocycles. The molecule has 6 aromatic carbocycles. The lowest BCUT2D eigenvalue weighted by molar-refractivity contribution is 0.476. The number of anilines is 3. The van der Waals surface area contributed by atoms with Gasteiger partial charge in [0.15, 0.2) is 11.5 Å². The van der Waals surface area contributed by atoms with Crippen molar-refractivity contribution < 1.29 is 4.74 Å². The van der Waals surface area contributed by atoms with Crippen LogP contribution >= 0.6 is 0 Å². The quantitative estimate of drug-likeness (QED) is 0.200. The number of nitriles is 1. The number of nitrogens with zero attached hydrogens (tertiary/aromatic N) is 5. The van der Waals surface area contributed by atoms with Gasteiger partial charge in [-0.3, -0.25) is 9.47 Å². The van der Waals surface area contributed by atoms with E-state index in [0.717, 1.165) is 72.9 Å². The minimum Gasteiger partial charge on any atom is -0.453 e. The molecule has 6 nitrogen and oxygen atoms in total. The normalized spacial score (nSPS) is 11.9. The standard InChI is InChI=1S/C41H25N5O/c42-26-27-21-23-28(24-22-27)30-14-10-15-32-31-13-4-5-16-34(31)46(40(30)32)41-43-33(29-11-2-1-3-12-29)25-39(44-41)45-35-17-6-8-19-37(35)47-38-20-9-7-18-36(38)45/h1-25H. The summed E-state index contributed by atoms with van der Waals surface area (Å²) in [7, 11) is 0. The number of hydrogen-bond donors (Lipinski definition) is 0. The van der Waals surface area contributed by atoms with Crippen molar-refractivity contribution in [3.8, 4) is 45.9 Å². The molecule has 9 rings (SSSR count). The Bertz CT molecular complexity index is 2470. The second kappa shape index (κ2) is 10.7. The maximum absolute atomic E-state index is 9.45. The van der Waals surface area contributed by atoms with Crippen molar-refractivity contribution in [2.45, 2.75) is 0 Å². The molecule has 0 radical (unpaired) electrons. The van der Waals surface area contributed by atoms with E-state index in [1.165, 1.54) is 0 Å². The van der Waals surface area contributed by atoms with Crippen LogP contribution in [0.15, 0.2) is 152 Å². The highest BCUT2D eigenvalue weighted by Gasteiger charge is 2.28. The fraction of sp³-hybridized carbons (Fsp3) is 0. The summed E-state index contributed by atoms with van der Waals surface area (Å²) in [4.78, 5) is 12.8. The third-order valence-electron chi connectivity index (χ3n) is 8.65. The summed E-state index contributed by atoms with van der Waals surface area (Å²) >= 11 is 0. The largest absolute Gasteiger partial charge is 0.453 e. The van der Waals surface area contributed by atoms with Crippen molar-refractivity contribution in [2.75, 3.05) is 4.90 Å². The first kappa shape index (κ1) is 26.7. The highest BCUT2D eigenvalue weighted by molar-refractivity contribution is 6.13. The molecule has 2 aromatic heterocycles. The minimum atomic E-state index is 0.551. The molecule has 8 aromatic rings. The maximum Gasteiger partial charge on any atom is 0.237 e. The second-order valence-corrected chi connectivity index (χ2v) is 11.4. The number of fused-ring (bicyclic) bond motifs is 5. The summed E-state index contributed by atoms with van der Waals surface area (Å²) in [5.74, 6) is 2.79. The van der Waals surface area contributed by atoms with Crippen molar-refractivity contribution in [1.29, 1.82) is 5.26 Å². The Hall–Kier alpha value is -6.71. The Labute approximate surface area is 271 Å². The zero-order chi connectivity index (χ0) is 31.3. The Morgan fingerprint density at radius 3 is 1.98 bits per heavy atom. The summed E-state index contributed by atoms with van der Waals surface area (Å²) in [6.45, 7) is 0. The van der Waals surface area contributed by atoms with Crippen LogP contribution in [0.4, 0.5) is 17.2 Å². The number of para-hydroxylation sites is 6. The van der Waals surface area contributed by atoms with Gasteiger partial charge in [-0.05, 0) is 48.0 Å². The first-order chi connectivity index (χ1) is 23.3. The Morgan fingerprint density at radius 2 is 1.23 bits per heavy atom. The van der Waals surface area contributed by atoms with Crippen LogP contribution in [-0.2, 0) is 0 Å². The average Bonchev–Trinajstić information content (AvgIpc) is 3.49. The predicted molar refractivity (Wildman–Crippen MR) is 187 cm³/mol. The maximum atomic E-state index is 9.45. The highest BCUT2D eigenvalue weighted by atomic mass is 16.5. The van der Waals surface area contributed by atoms with Crippen molar-refractivity contribution in [1.82, 2.24) is 14.5 Å². The average molecular weight is 604 g/mol. The molecule has 47 heavy (non-hydrogen) atoms. The molecule has 0 amide bonds. The van der Waals surface area contributed by atoms with Crippen LogP contribution in [0.2, 0.25) is 0 Å². The number of aromatic nitrogens is 3. The van der Waals surface area contributed by atoms with Gasteiger partial charge in [0, 0.05) is 28.0 Å².